The summed E-state index contributed by atoms with van der Waals surface area (Å²) in [6.45, 7) is 2.30. The van der Waals surface area contributed by atoms with Crippen LogP contribution in [0.15, 0.2) is 182 Å². The van der Waals surface area contributed by atoms with Crippen molar-refractivity contribution in [1.29, 1.82) is 0 Å². The number of aliphatic hydroxyl groups excluding tert-OH is 2. The van der Waals surface area contributed by atoms with Gasteiger partial charge in [-0.25, -0.2) is 9.13 Å². The monoisotopic (exact) mass is 1590 g/mol. The first-order chi connectivity index (χ1) is 54.2. The van der Waals surface area contributed by atoms with Crippen molar-refractivity contribution in [2.24, 2.45) is 0 Å². The third-order valence-electron chi connectivity index (χ3n) is 17.6. The Balaban J connectivity index is 4.56. The molecule has 0 aromatic rings. The molecule has 0 aliphatic rings. The largest absolute Gasteiger partial charge is 0.472 e. The van der Waals surface area contributed by atoms with Gasteiger partial charge in [0, 0.05) is 19.3 Å². The molecule has 0 saturated carbocycles. The minimum Gasteiger partial charge on any atom is -0.463 e. The van der Waals surface area contributed by atoms with Gasteiger partial charge in [-0.05, 0) is 154 Å². The summed E-state index contributed by atoms with van der Waals surface area (Å²) in [5, 5.41) is 20.7. The maximum atomic E-state index is 13.0. The van der Waals surface area contributed by atoms with E-state index in [9.17, 15) is 43.5 Å². The highest BCUT2D eigenvalue weighted by Crippen LogP contribution is 2.45. The maximum Gasteiger partial charge on any atom is 0.472 e. The Labute approximate surface area is 675 Å². The highest BCUT2D eigenvalue weighted by atomic mass is 31.2. The van der Waals surface area contributed by atoms with Gasteiger partial charge in [0.15, 0.2) is 6.10 Å². The van der Waals surface area contributed by atoms with Gasteiger partial charge >= 0.3 is 33.6 Å². The summed E-state index contributed by atoms with van der Waals surface area (Å²) < 4.78 is 61.3. The minimum atomic E-state index is -4.95. The van der Waals surface area contributed by atoms with Crippen molar-refractivity contribution >= 4 is 33.6 Å². The van der Waals surface area contributed by atoms with Crippen molar-refractivity contribution in [2.45, 2.75) is 347 Å². The second-order valence-electron chi connectivity index (χ2n) is 28.2. The Bertz CT molecular complexity index is 2750. The molecule has 4 N–H and O–H groups in total. The topological polar surface area (TPSA) is 231 Å². The van der Waals surface area contributed by atoms with E-state index in [1.807, 2.05) is 0 Å². The van der Waals surface area contributed by atoms with Gasteiger partial charge in [-0.2, -0.15) is 0 Å². The SMILES string of the molecule is CC/C=C\C/C=C\C/C=C\C/C=C\C/C=C\CCCCCCCCCCCCCCCCCCCC(=O)OCC(O)COP(=O)(O)OCC(O)COP(=O)(O)OCC(COC(=O)CCCCCCCCC/C=C\C/C=C\C/C=C\C/C=C\C/C=C\CC)OC(=O)CCCCC/C=C\C/C=C\C/C=C\C/C=C\C/C=C\CC. The van der Waals surface area contributed by atoms with Crippen molar-refractivity contribution in [3.63, 3.8) is 0 Å². The number of hydrogen-bond acceptors (Lipinski definition) is 14. The summed E-state index contributed by atoms with van der Waals surface area (Å²) in [6, 6.07) is 0. The number of phosphoric ester groups is 2. The number of rotatable bonds is 80. The number of phosphoric acid groups is 2. The number of allylic oxidation sites excluding steroid dienone is 30. The Hall–Kier alpha value is -5.35. The molecule has 0 heterocycles. The molecule has 0 bridgehead atoms. The van der Waals surface area contributed by atoms with Crippen molar-refractivity contribution in [1.82, 2.24) is 0 Å². The van der Waals surface area contributed by atoms with Gasteiger partial charge in [-0.1, -0.05) is 338 Å². The van der Waals surface area contributed by atoms with Gasteiger partial charge in [0.25, 0.3) is 0 Å². The molecule has 0 spiro atoms. The quantitative estimate of drug-likeness (QED) is 0.0146. The molecule has 0 aliphatic carbocycles. The van der Waals surface area contributed by atoms with Crippen LogP contribution in [0.25, 0.3) is 0 Å². The fraction of sp³-hybridized carbons (Fsp3) is 0.645. The molecule has 16 nitrogen and oxygen atoms in total. The number of hydrogen-bond donors (Lipinski definition) is 4. The van der Waals surface area contributed by atoms with Crippen LogP contribution in [0.5, 0.6) is 0 Å². The first-order valence-electron chi connectivity index (χ1n) is 43.1. The van der Waals surface area contributed by atoms with Gasteiger partial charge in [0.05, 0.1) is 26.4 Å². The molecule has 111 heavy (non-hydrogen) atoms. The zero-order valence-electron chi connectivity index (χ0n) is 69.3. The zero-order chi connectivity index (χ0) is 80.8. The first-order valence-corrected chi connectivity index (χ1v) is 46.1. The molecule has 0 rings (SSSR count). The standard InChI is InChI=1S/C93H154O16P2/c1-4-7-10-13-16-19-22-25-28-31-34-36-38-39-40-41-42-43-44-45-46-47-49-51-53-55-58-61-64-67-70-73-76-79-91(96)103-82-88(94)83-105-110(99,100)106-84-89(95)85-107-111(101,102)108-87-90(109-93(98)81-78-75-72-69-66-63-60-57-52-33-30-27-24-21-18-15-12-9-6-3)86-104-92(97)80-77-74-71-68-65-62-59-56-54-50-48-37-35-32-29-26-23-20-17-14-11-8-5-2/h7-12,16-21,25-30,34-37,39-40,50,52,54,57,63,66,88-90,94-95H,4-6,13-15,22-24,31-33,38,41-49,51,53,55-56,58-62,64-65,67-87H2,1-3H3,(H,99,100)(H,101,102)/b10-7-,11-8-,12-9-,19-16-,20-17-,21-18-,28-25-,29-26-,30-27-,36-34-,37-35-,40-39-,54-50-,57-52-,66-63-. The van der Waals surface area contributed by atoms with Crippen LogP contribution in [-0.4, -0.2) is 95.9 Å². The molecular formula is C93H154O16P2. The van der Waals surface area contributed by atoms with E-state index < -0.39 is 91.5 Å². The highest BCUT2D eigenvalue weighted by molar-refractivity contribution is 7.47. The molecule has 5 atom stereocenters. The van der Waals surface area contributed by atoms with Crippen molar-refractivity contribution < 1.29 is 75.8 Å². The van der Waals surface area contributed by atoms with Crippen LogP contribution >= 0.6 is 15.6 Å². The zero-order valence-corrected chi connectivity index (χ0v) is 71.1. The molecule has 5 unspecified atom stereocenters. The van der Waals surface area contributed by atoms with Crippen LogP contribution in [0, 0.1) is 0 Å². The molecule has 0 radical (unpaired) electrons. The molecule has 0 aromatic heterocycles. The van der Waals surface area contributed by atoms with Crippen molar-refractivity contribution in [2.75, 3.05) is 39.6 Å². The third-order valence-corrected chi connectivity index (χ3v) is 19.5. The van der Waals surface area contributed by atoms with E-state index in [1.165, 1.54) is 89.9 Å². The van der Waals surface area contributed by atoms with Crippen LogP contribution < -0.4 is 0 Å². The molecule has 0 fully saturated rings. The lowest BCUT2D eigenvalue weighted by Crippen LogP contribution is -2.30. The predicted molar refractivity (Wildman–Crippen MR) is 463 cm³/mol. The van der Waals surface area contributed by atoms with E-state index >= 15 is 0 Å². The van der Waals surface area contributed by atoms with Crippen molar-refractivity contribution in [3.05, 3.63) is 182 Å². The lowest BCUT2D eigenvalue weighted by atomic mass is 10.0. The van der Waals surface area contributed by atoms with E-state index in [2.05, 4.69) is 203 Å². The van der Waals surface area contributed by atoms with Crippen LogP contribution in [0.4, 0.5) is 0 Å². The van der Waals surface area contributed by atoms with Gasteiger partial charge < -0.3 is 34.2 Å². The predicted octanol–water partition coefficient (Wildman–Crippen LogP) is 26.1. The molecule has 0 amide bonds. The maximum absolute atomic E-state index is 13.0. The number of esters is 3. The number of unbranched alkanes of at least 4 members (excludes halogenated alkanes) is 27. The molecule has 632 valence electrons. The number of carbonyl (C=O) groups is 3. The van der Waals surface area contributed by atoms with E-state index in [0.29, 0.717) is 19.3 Å². The molecule has 18 heteroatoms. The van der Waals surface area contributed by atoms with Crippen molar-refractivity contribution in [3.8, 4) is 0 Å². The van der Waals surface area contributed by atoms with Gasteiger partial charge in [-0.15, -0.1) is 0 Å². The Kier molecular flexibility index (Phi) is 80.0. The lowest BCUT2D eigenvalue weighted by molar-refractivity contribution is -0.161. The lowest BCUT2D eigenvalue weighted by Gasteiger charge is -2.21. The van der Waals surface area contributed by atoms with E-state index in [-0.39, 0.29) is 19.3 Å². The Morgan fingerprint density at radius 3 is 0.721 bits per heavy atom. The van der Waals surface area contributed by atoms with Crippen LogP contribution in [0.2, 0.25) is 0 Å². The van der Waals surface area contributed by atoms with E-state index in [4.69, 9.17) is 32.3 Å². The smallest absolute Gasteiger partial charge is 0.463 e. The average molecular weight is 1590 g/mol. The van der Waals surface area contributed by atoms with Crippen LogP contribution in [0.3, 0.4) is 0 Å². The summed E-state index contributed by atoms with van der Waals surface area (Å²) in [7, 11) is -9.82. The minimum absolute atomic E-state index is 0.0567. The van der Waals surface area contributed by atoms with Crippen LogP contribution in [0.1, 0.15) is 329 Å². The second-order valence-corrected chi connectivity index (χ2v) is 31.1. The molecular weight excluding hydrogens is 1430 g/mol. The number of ether oxygens (including phenoxy) is 3. The summed E-state index contributed by atoms with van der Waals surface area (Å²) in [5.74, 6) is -1.63. The fourth-order valence-corrected chi connectivity index (χ4v) is 12.8. The Morgan fingerprint density at radius 1 is 0.252 bits per heavy atom. The summed E-state index contributed by atoms with van der Waals surface area (Å²) in [6.07, 6.45) is 109. The third kappa shape index (κ3) is 85.4. The first kappa shape index (κ1) is 106. The van der Waals surface area contributed by atoms with Gasteiger partial charge in [-0.3, -0.25) is 32.5 Å². The molecule has 0 aliphatic heterocycles. The van der Waals surface area contributed by atoms with Crippen LogP contribution in [-0.2, 0) is 55.8 Å². The van der Waals surface area contributed by atoms with E-state index in [0.717, 1.165) is 180 Å². The summed E-state index contributed by atoms with van der Waals surface area (Å²) in [5.41, 5.74) is 0. The normalized spacial score (nSPS) is 14.8. The number of carbonyl (C=O) groups excluding carboxylic acids is 3. The number of aliphatic hydroxyl groups is 2. The van der Waals surface area contributed by atoms with E-state index in [1.54, 1.807) is 0 Å². The average Bonchev–Trinajstić information content (AvgIpc) is 0.900. The van der Waals surface area contributed by atoms with Gasteiger partial charge in [0.2, 0.25) is 0 Å². The van der Waals surface area contributed by atoms with Gasteiger partial charge in [0.1, 0.15) is 25.4 Å². The molecule has 0 saturated heterocycles. The molecule has 0 aromatic carbocycles. The fourth-order valence-electron chi connectivity index (χ4n) is 11.2. The summed E-state index contributed by atoms with van der Waals surface area (Å²) >= 11 is 0. The second kappa shape index (κ2) is 84.1. The summed E-state index contributed by atoms with van der Waals surface area (Å²) in [4.78, 5) is 58.8. The Morgan fingerprint density at radius 2 is 0.450 bits per heavy atom. The highest BCUT2D eigenvalue weighted by Gasteiger charge is 2.29.